The molecule has 0 aliphatic rings. The maximum Gasteiger partial charge on any atom is 0.323 e. The summed E-state index contributed by atoms with van der Waals surface area (Å²) in [6.45, 7) is 5.93. The first-order valence-electron chi connectivity index (χ1n) is 6.28. The number of hydrogen-bond donors (Lipinski definition) is 2. The topological polar surface area (TPSA) is 41.1 Å². The average molecular weight is 254 g/mol. The molecule has 3 nitrogen and oxygen atoms in total. The molecule has 19 heavy (non-hydrogen) atoms. The molecule has 2 amide bonds. The Morgan fingerprint density at radius 2 is 1.37 bits per heavy atom. The number of para-hydroxylation sites is 2. The van der Waals surface area contributed by atoms with Crippen LogP contribution >= 0.6 is 0 Å². The Labute approximate surface area is 113 Å². The van der Waals surface area contributed by atoms with Gasteiger partial charge >= 0.3 is 6.03 Å². The molecule has 2 aromatic carbocycles. The summed E-state index contributed by atoms with van der Waals surface area (Å²) in [6, 6.07) is 13.4. The summed E-state index contributed by atoms with van der Waals surface area (Å²) in [5, 5.41) is 5.77. The highest BCUT2D eigenvalue weighted by Gasteiger charge is 2.07. The predicted octanol–water partition coefficient (Wildman–Crippen LogP) is 4.26. The largest absolute Gasteiger partial charge is 0.323 e. The van der Waals surface area contributed by atoms with Gasteiger partial charge in [-0.1, -0.05) is 36.4 Å². The van der Waals surface area contributed by atoms with E-state index < -0.39 is 0 Å². The summed E-state index contributed by atoms with van der Waals surface area (Å²) in [6.07, 6.45) is 0. The number of carbonyl (C=O) groups excluding carboxylic acids is 1. The zero-order chi connectivity index (χ0) is 13.8. The summed E-state index contributed by atoms with van der Waals surface area (Å²) < 4.78 is 0. The molecule has 0 bridgehead atoms. The van der Waals surface area contributed by atoms with Gasteiger partial charge in [-0.3, -0.25) is 0 Å². The molecule has 0 aliphatic carbocycles. The fourth-order valence-corrected chi connectivity index (χ4v) is 1.99. The van der Waals surface area contributed by atoms with Crippen molar-refractivity contribution in [3.05, 3.63) is 59.2 Å². The van der Waals surface area contributed by atoms with Crippen LogP contribution in [0.4, 0.5) is 16.2 Å². The number of carbonyl (C=O) groups is 1. The molecule has 2 N–H and O–H groups in total. The molecule has 0 fully saturated rings. The maximum absolute atomic E-state index is 12.0. The Kier molecular flexibility index (Phi) is 3.85. The van der Waals surface area contributed by atoms with Crippen LogP contribution in [0.1, 0.15) is 16.7 Å². The smallest absolute Gasteiger partial charge is 0.307 e. The van der Waals surface area contributed by atoms with Crippen LogP contribution in [0, 0.1) is 20.8 Å². The highest BCUT2D eigenvalue weighted by Crippen LogP contribution is 2.20. The minimum atomic E-state index is -0.216. The Bertz CT molecular complexity index is 585. The first kappa shape index (κ1) is 13.1. The molecule has 0 spiro atoms. The van der Waals surface area contributed by atoms with Crippen LogP contribution in [-0.2, 0) is 0 Å². The van der Waals surface area contributed by atoms with Gasteiger partial charge in [0.25, 0.3) is 0 Å². The van der Waals surface area contributed by atoms with Crippen molar-refractivity contribution in [3.63, 3.8) is 0 Å². The second-order valence-corrected chi connectivity index (χ2v) is 4.66. The van der Waals surface area contributed by atoms with E-state index in [-0.39, 0.29) is 6.03 Å². The molecule has 2 rings (SSSR count). The van der Waals surface area contributed by atoms with Gasteiger partial charge in [-0.2, -0.15) is 0 Å². The molecular weight excluding hydrogens is 236 g/mol. The normalized spacial score (nSPS) is 10.1. The fourth-order valence-electron chi connectivity index (χ4n) is 1.99. The molecular formula is C16H18N2O. The van der Waals surface area contributed by atoms with Gasteiger partial charge in [-0.05, 0) is 43.5 Å². The van der Waals surface area contributed by atoms with E-state index in [1.807, 2.05) is 63.2 Å². The number of rotatable bonds is 2. The summed E-state index contributed by atoms with van der Waals surface area (Å²) in [4.78, 5) is 12.0. The van der Waals surface area contributed by atoms with E-state index in [0.29, 0.717) is 0 Å². The SMILES string of the molecule is Cc1ccccc1NC(=O)Nc1c(C)cccc1C. The van der Waals surface area contributed by atoms with Crippen molar-refractivity contribution in [2.24, 2.45) is 0 Å². The highest BCUT2D eigenvalue weighted by atomic mass is 16.2. The van der Waals surface area contributed by atoms with E-state index in [2.05, 4.69) is 10.6 Å². The Balaban J connectivity index is 2.12. The lowest BCUT2D eigenvalue weighted by Crippen LogP contribution is -2.21. The van der Waals surface area contributed by atoms with Crippen LogP contribution in [0.15, 0.2) is 42.5 Å². The molecule has 0 heterocycles. The third kappa shape index (κ3) is 3.13. The Morgan fingerprint density at radius 1 is 0.789 bits per heavy atom. The van der Waals surface area contributed by atoms with Crippen LogP contribution in [-0.4, -0.2) is 6.03 Å². The first-order valence-corrected chi connectivity index (χ1v) is 6.28. The van der Waals surface area contributed by atoms with Crippen LogP contribution in [0.5, 0.6) is 0 Å². The zero-order valence-electron chi connectivity index (χ0n) is 11.4. The number of nitrogens with one attached hydrogen (secondary N) is 2. The van der Waals surface area contributed by atoms with E-state index >= 15 is 0 Å². The van der Waals surface area contributed by atoms with Crippen molar-refractivity contribution >= 4 is 17.4 Å². The van der Waals surface area contributed by atoms with E-state index in [0.717, 1.165) is 28.1 Å². The average Bonchev–Trinajstić information content (AvgIpc) is 2.37. The molecule has 98 valence electrons. The molecule has 2 aromatic rings. The standard InChI is InChI=1S/C16H18N2O/c1-11-7-4-5-10-14(11)17-16(19)18-15-12(2)8-6-9-13(15)3/h4-10H,1-3H3,(H2,17,18,19). The van der Waals surface area contributed by atoms with Crippen molar-refractivity contribution < 1.29 is 4.79 Å². The quantitative estimate of drug-likeness (QED) is 0.826. The number of aryl methyl sites for hydroxylation is 3. The Hall–Kier alpha value is -2.29. The van der Waals surface area contributed by atoms with E-state index in [1.54, 1.807) is 0 Å². The molecule has 0 saturated heterocycles. The van der Waals surface area contributed by atoms with Crippen LogP contribution in [0.2, 0.25) is 0 Å². The summed E-state index contributed by atoms with van der Waals surface area (Å²) >= 11 is 0. The van der Waals surface area contributed by atoms with E-state index in [9.17, 15) is 4.79 Å². The number of benzene rings is 2. The van der Waals surface area contributed by atoms with Gasteiger partial charge in [0.1, 0.15) is 0 Å². The van der Waals surface area contributed by atoms with Gasteiger partial charge in [-0.25, -0.2) is 4.79 Å². The zero-order valence-corrected chi connectivity index (χ0v) is 11.4. The third-order valence-corrected chi connectivity index (χ3v) is 3.11. The molecule has 0 radical (unpaired) electrons. The summed E-state index contributed by atoms with van der Waals surface area (Å²) in [5.74, 6) is 0. The minimum absolute atomic E-state index is 0.216. The van der Waals surface area contributed by atoms with Crippen molar-refractivity contribution in [1.82, 2.24) is 0 Å². The monoisotopic (exact) mass is 254 g/mol. The lowest BCUT2D eigenvalue weighted by atomic mass is 10.1. The van der Waals surface area contributed by atoms with Gasteiger partial charge in [0.15, 0.2) is 0 Å². The summed E-state index contributed by atoms with van der Waals surface area (Å²) in [7, 11) is 0. The Morgan fingerprint density at radius 3 is 2.00 bits per heavy atom. The van der Waals surface area contributed by atoms with Gasteiger partial charge in [0.2, 0.25) is 0 Å². The highest BCUT2D eigenvalue weighted by molar-refractivity contribution is 6.01. The molecule has 0 unspecified atom stereocenters. The molecule has 3 heteroatoms. The maximum atomic E-state index is 12.0. The lowest BCUT2D eigenvalue weighted by Gasteiger charge is -2.13. The number of hydrogen-bond acceptors (Lipinski definition) is 1. The number of anilines is 2. The number of urea groups is 1. The van der Waals surface area contributed by atoms with Crippen LogP contribution in [0.3, 0.4) is 0 Å². The van der Waals surface area contributed by atoms with Crippen LogP contribution in [0.25, 0.3) is 0 Å². The first-order chi connectivity index (χ1) is 9.08. The van der Waals surface area contributed by atoms with Crippen LogP contribution < -0.4 is 10.6 Å². The third-order valence-electron chi connectivity index (χ3n) is 3.11. The van der Waals surface area contributed by atoms with Gasteiger partial charge in [0, 0.05) is 11.4 Å². The second-order valence-electron chi connectivity index (χ2n) is 4.66. The van der Waals surface area contributed by atoms with Gasteiger partial charge < -0.3 is 10.6 Å². The van der Waals surface area contributed by atoms with E-state index in [1.165, 1.54) is 0 Å². The molecule has 0 saturated carbocycles. The second kappa shape index (κ2) is 5.57. The number of amides is 2. The van der Waals surface area contributed by atoms with Crippen molar-refractivity contribution in [1.29, 1.82) is 0 Å². The summed E-state index contributed by atoms with van der Waals surface area (Å²) in [5.41, 5.74) is 4.85. The molecule has 0 atom stereocenters. The fraction of sp³-hybridized carbons (Fsp3) is 0.188. The van der Waals surface area contributed by atoms with Crippen molar-refractivity contribution in [3.8, 4) is 0 Å². The van der Waals surface area contributed by atoms with Crippen molar-refractivity contribution in [2.45, 2.75) is 20.8 Å². The van der Waals surface area contributed by atoms with Gasteiger partial charge in [-0.15, -0.1) is 0 Å². The lowest BCUT2D eigenvalue weighted by molar-refractivity contribution is 0.262. The predicted molar refractivity (Wildman–Crippen MR) is 79.7 cm³/mol. The van der Waals surface area contributed by atoms with Gasteiger partial charge in [0.05, 0.1) is 0 Å². The van der Waals surface area contributed by atoms with Crippen molar-refractivity contribution in [2.75, 3.05) is 10.6 Å². The van der Waals surface area contributed by atoms with E-state index in [4.69, 9.17) is 0 Å². The molecule has 0 aromatic heterocycles. The molecule has 0 aliphatic heterocycles. The minimum Gasteiger partial charge on any atom is -0.307 e.